The molecule has 0 aliphatic rings. The lowest BCUT2D eigenvalue weighted by atomic mass is 10.1. The molecule has 0 radical (unpaired) electrons. The number of hydrogen-bond acceptors (Lipinski definition) is 3. The lowest BCUT2D eigenvalue weighted by molar-refractivity contribution is 0.473. The van der Waals surface area contributed by atoms with Crippen LogP contribution < -0.4 is 5.73 Å². The Morgan fingerprint density at radius 3 is 2.69 bits per heavy atom. The van der Waals surface area contributed by atoms with Crippen molar-refractivity contribution >= 4 is 21.7 Å². The van der Waals surface area contributed by atoms with Crippen LogP contribution in [0.3, 0.4) is 0 Å². The highest BCUT2D eigenvalue weighted by atomic mass is 79.9. The van der Waals surface area contributed by atoms with Crippen LogP contribution in [-0.2, 0) is 7.05 Å². The molecule has 0 fully saturated rings. The van der Waals surface area contributed by atoms with E-state index in [4.69, 9.17) is 5.73 Å². The van der Waals surface area contributed by atoms with E-state index in [1.807, 2.05) is 19.1 Å². The Hall–Kier alpha value is -1.49. The molecule has 5 heteroatoms. The zero-order chi connectivity index (χ0) is 11.9. The number of anilines is 1. The van der Waals surface area contributed by atoms with Crippen molar-refractivity contribution < 1.29 is 5.11 Å². The molecule has 0 aliphatic carbocycles. The van der Waals surface area contributed by atoms with Gasteiger partial charge in [-0.25, -0.2) is 0 Å². The molecule has 0 atom stereocenters. The summed E-state index contributed by atoms with van der Waals surface area (Å²) in [6.07, 6.45) is 0. The molecule has 84 valence electrons. The smallest absolute Gasteiger partial charge is 0.139 e. The number of hydrogen-bond donors (Lipinski definition) is 2. The first-order valence-corrected chi connectivity index (χ1v) is 5.58. The van der Waals surface area contributed by atoms with Crippen LogP contribution in [0.1, 0.15) is 5.56 Å². The topological polar surface area (TPSA) is 64.1 Å². The second-order valence-electron chi connectivity index (χ2n) is 3.67. The maximum absolute atomic E-state index is 10.00. The molecule has 1 heterocycles. The quantitative estimate of drug-likeness (QED) is 0.844. The van der Waals surface area contributed by atoms with Crippen molar-refractivity contribution in [2.24, 2.45) is 7.05 Å². The molecule has 0 amide bonds. The van der Waals surface area contributed by atoms with E-state index in [1.54, 1.807) is 17.8 Å². The minimum Gasteiger partial charge on any atom is -0.506 e. The number of benzene rings is 1. The SMILES string of the molecule is Cc1ccc(-c2cc(N)n(C)n2)c(O)c1Br. The van der Waals surface area contributed by atoms with Gasteiger partial charge < -0.3 is 10.8 Å². The molecule has 4 nitrogen and oxygen atoms in total. The highest BCUT2D eigenvalue weighted by molar-refractivity contribution is 9.10. The van der Waals surface area contributed by atoms with Crippen molar-refractivity contribution in [2.45, 2.75) is 6.92 Å². The Morgan fingerprint density at radius 2 is 2.12 bits per heavy atom. The van der Waals surface area contributed by atoms with Crippen LogP contribution in [0.5, 0.6) is 5.75 Å². The van der Waals surface area contributed by atoms with Crippen molar-refractivity contribution in [3.63, 3.8) is 0 Å². The number of aromatic hydroxyl groups is 1. The largest absolute Gasteiger partial charge is 0.506 e. The van der Waals surface area contributed by atoms with Gasteiger partial charge in [-0.05, 0) is 34.5 Å². The fraction of sp³-hybridized carbons (Fsp3) is 0.182. The molecule has 0 saturated carbocycles. The number of halogens is 1. The van der Waals surface area contributed by atoms with E-state index in [9.17, 15) is 5.11 Å². The first-order chi connectivity index (χ1) is 7.50. The van der Waals surface area contributed by atoms with E-state index in [-0.39, 0.29) is 5.75 Å². The molecule has 0 unspecified atom stereocenters. The third-order valence-electron chi connectivity index (χ3n) is 2.50. The molecule has 1 aromatic heterocycles. The van der Waals surface area contributed by atoms with Crippen LogP contribution in [0, 0.1) is 6.92 Å². The van der Waals surface area contributed by atoms with E-state index in [0.717, 1.165) is 5.56 Å². The Kier molecular flexibility index (Phi) is 2.63. The highest BCUT2D eigenvalue weighted by Crippen LogP contribution is 2.37. The van der Waals surface area contributed by atoms with Crippen LogP contribution in [0.15, 0.2) is 22.7 Å². The van der Waals surface area contributed by atoms with Gasteiger partial charge in [0, 0.05) is 18.7 Å². The van der Waals surface area contributed by atoms with Crippen LogP contribution in [0.2, 0.25) is 0 Å². The van der Waals surface area contributed by atoms with Crippen LogP contribution in [0.25, 0.3) is 11.3 Å². The summed E-state index contributed by atoms with van der Waals surface area (Å²) in [6.45, 7) is 1.92. The average molecular weight is 282 g/mol. The van der Waals surface area contributed by atoms with Gasteiger partial charge in [0.25, 0.3) is 0 Å². The van der Waals surface area contributed by atoms with Crippen LogP contribution in [-0.4, -0.2) is 14.9 Å². The maximum Gasteiger partial charge on any atom is 0.139 e. The second kappa shape index (κ2) is 3.83. The molecule has 0 bridgehead atoms. The zero-order valence-corrected chi connectivity index (χ0v) is 10.6. The summed E-state index contributed by atoms with van der Waals surface area (Å²) in [5.41, 5.74) is 8.02. The first-order valence-electron chi connectivity index (χ1n) is 4.78. The molecular formula is C11H12BrN3O. The summed E-state index contributed by atoms with van der Waals surface area (Å²) in [6, 6.07) is 5.48. The van der Waals surface area contributed by atoms with Gasteiger partial charge in [0.1, 0.15) is 11.6 Å². The lowest BCUT2D eigenvalue weighted by Gasteiger charge is -2.05. The normalized spacial score (nSPS) is 10.7. The summed E-state index contributed by atoms with van der Waals surface area (Å²) < 4.78 is 2.26. The van der Waals surface area contributed by atoms with Gasteiger partial charge in [-0.15, -0.1) is 0 Å². The Morgan fingerprint density at radius 1 is 1.44 bits per heavy atom. The van der Waals surface area contributed by atoms with Crippen molar-refractivity contribution in [1.29, 1.82) is 0 Å². The van der Waals surface area contributed by atoms with E-state index in [0.29, 0.717) is 21.5 Å². The van der Waals surface area contributed by atoms with Crippen molar-refractivity contribution in [3.05, 3.63) is 28.2 Å². The molecule has 0 aliphatic heterocycles. The number of aromatic nitrogens is 2. The van der Waals surface area contributed by atoms with Gasteiger partial charge in [-0.2, -0.15) is 5.10 Å². The van der Waals surface area contributed by atoms with Crippen molar-refractivity contribution in [3.8, 4) is 17.0 Å². The summed E-state index contributed by atoms with van der Waals surface area (Å²) >= 11 is 3.34. The van der Waals surface area contributed by atoms with Gasteiger partial charge in [-0.3, -0.25) is 4.68 Å². The predicted octanol–water partition coefficient (Wildman–Crippen LogP) is 2.45. The molecule has 3 N–H and O–H groups in total. The molecule has 1 aromatic carbocycles. The van der Waals surface area contributed by atoms with Gasteiger partial charge >= 0.3 is 0 Å². The van der Waals surface area contributed by atoms with Gasteiger partial charge in [0.15, 0.2) is 0 Å². The summed E-state index contributed by atoms with van der Waals surface area (Å²) in [7, 11) is 1.76. The summed E-state index contributed by atoms with van der Waals surface area (Å²) in [4.78, 5) is 0. The molecule has 2 rings (SSSR count). The molecule has 0 saturated heterocycles. The number of nitrogen functional groups attached to an aromatic ring is 1. The summed E-state index contributed by atoms with van der Waals surface area (Å²) in [5.74, 6) is 0.754. The monoisotopic (exact) mass is 281 g/mol. The van der Waals surface area contributed by atoms with Crippen molar-refractivity contribution in [1.82, 2.24) is 9.78 Å². The van der Waals surface area contributed by atoms with E-state index in [1.165, 1.54) is 0 Å². The summed E-state index contributed by atoms with van der Waals surface area (Å²) in [5, 5.41) is 14.2. The fourth-order valence-electron chi connectivity index (χ4n) is 1.49. The van der Waals surface area contributed by atoms with Crippen LogP contribution in [0.4, 0.5) is 5.82 Å². The fourth-order valence-corrected chi connectivity index (χ4v) is 1.83. The number of nitrogens with two attached hydrogens (primary N) is 1. The minimum atomic E-state index is 0.193. The van der Waals surface area contributed by atoms with Gasteiger partial charge in [0.05, 0.1) is 10.2 Å². The third kappa shape index (κ3) is 1.67. The Labute approximate surface area is 102 Å². The highest BCUT2D eigenvalue weighted by Gasteiger charge is 2.13. The van der Waals surface area contributed by atoms with Crippen molar-refractivity contribution in [2.75, 3.05) is 5.73 Å². The maximum atomic E-state index is 10.00. The standard InChI is InChI=1S/C11H12BrN3O/c1-6-3-4-7(11(16)10(6)12)8-5-9(13)15(2)14-8/h3-5,16H,13H2,1-2H3. The average Bonchev–Trinajstić information content (AvgIpc) is 2.56. The number of nitrogens with zero attached hydrogens (tertiary/aromatic N) is 2. The lowest BCUT2D eigenvalue weighted by Crippen LogP contribution is -1.96. The van der Waals surface area contributed by atoms with Gasteiger partial charge in [-0.1, -0.05) is 6.07 Å². The molecule has 0 spiro atoms. The zero-order valence-electron chi connectivity index (χ0n) is 9.03. The number of phenols is 1. The van der Waals surface area contributed by atoms with Gasteiger partial charge in [0.2, 0.25) is 0 Å². The van der Waals surface area contributed by atoms with E-state index >= 15 is 0 Å². The third-order valence-corrected chi connectivity index (χ3v) is 3.50. The number of rotatable bonds is 1. The predicted molar refractivity (Wildman–Crippen MR) is 67.2 cm³/mol. The molecule has 2 aromatic rings. The minimum absolute atomic E-state index is 0.193. The Balaban J connectivity index is 2.61. The first kappa shape index (κ1) is 11.0. The Bertz CT molecular complexity index is 529. The second-order valence-corrected chi connectivity index (χ2v) is 4.46. The number of phenolic OH excluding ortho intramolecular Hbond substituents is 1. The van der Waals surface area contributed by atoms with E-state index < -0.39 is 0 Å². The van der Waals surface area contributed by atoms with Crippen LogP contribution >= 0.6 is 15.9 Å². The molecular weight excluding hydrogens is 270 g/mol. The van der Waals surface area contributed by atoms with E-state index in [2.05, 4.69) is 21.0 Å². The molecule has 16 heavy (non-hydrogen) atoms. The number of aryl methyl sites for hydroxylation is 2.